The van der Waals surface area contributed by atoms with Crippen LogP contribution in [0.3, 0.4) is 0 Å². The molecule has 0 spiro atoms. The minimum absolute atomic E-state index is 0.0293. The van der Waals surface area contributed by atoms with E-state index >= 15 is 0 Å². The Morgan fingerprint density at radius 2 is 1.78 bits per heavy atom. The number of hydrogen-bond donors (Lipinski definition) is 1. The van der Waals surface area contributed by atoms with Crippen LogP contribution in [0, 0.1) is 0 Å². The lowest BCUT2D eigenvalue weighted by Gasteiger charge is -2.38. The Balaban J connectivity index is 1.91. The van der Waals surface area contributed by atoms with Crippen LogP contribution in [-0.2, 0) is 16.0 Å². The molecule has 0 aliphatic carbocycles. The van der Waals surface area contributed by atoms with Gasteiger partial charge >= 0.3 is 6.09 Å². The first-order valence-corrected chi connectivity index (χ1v) is 10.4. The second-order valence-corrected chi connectivity index (χ2v) is 9.74. The van der Waals surface area contributed by atoms with E-state index in [2.05, 4.69) is 52.4 Å². The van der Waals surface area contributed by atoms with Crippen LogP contribution in [0.25, 0.3) is 0 Å². The summed E-state index contributed by atoms with van der Waals surface area (Å²) in [7, 11) is 0. The minimum Gasteiger partial charge on any atom is -0.444 e. The molecule has 1 aliphatic heterocycles. The molecule has 1 aromatic carbocycles. The fourth-order valence-electron chi connectivity index (χ4n) is 3.05. The van der Waals surface area contributed by atoms with Crippen LogP contribution in [-0.4, -0.2) is 39.9 Å². The maximum Gasteiger partial charge on any atom is 0.410 e. The van der Waals surface area contributed by atoms with Crippen molar-refractivity contribution >= 4 is 27.9 Å². The lowest BCUT2D eigenvalue weighted by Crippen LogP contribution is -2.52. The molecule has 1 atom stereocenters. The van der Waals surface area contributed by atoms with Gasteiger partial charge < -0.3 is 15.0 Å². The largest absolute Gasteiger partial charge is 0.444 e. The van der Waals surface area contributed by atoms with Gasteiger partial charge in [-0.2, -0.15) is 0 Å². The summed E-state index contributed by atoms with van der Waals surface area (Å²) in [5.41, 5.74) is 1.85. The molecule has 0 radical (unpaired) electrons. The van der Waals surface area contributed by atoms with Gasteiger partial charge in [0.1, 0.15) is 9.93 Å². The summed E-state index contributed by atoms with van der Waals surface area (Å²) in [5.74, 6) is -0.0293. The summed E-state index contributed by atoms with van der Waals surface area (Å²) < 4.78 is 4.77. The third-order valence-electron chi connectivity index (χ3n) is 4.85. The van der Waals surface area contributed by atoms with E-state index in [9.17, 15) is 9.59 Å². The average molecular weight is 439 g/mol. The number of hydrogen-bond acceptors (Lipinski definition) is 3. The smallest absolute Gasteiger partial charge is 0.410 e. The highest BCUT2D eigenvalue weighted by Gasteiger charge is 2.41. The number of nitrogens with one attached hydrogen (secondary N) is 1. The van der Waals surface area contributed by atoms with E-state index in [4.69, 9.17) is 4.74 Å². The zero-order chi connectivity index (χ0) is 20.2. The molecule has 2 rings (SSSR count). The summed E-state index contributed by atoms with van der Waals surface area (Å²) >= 11 is 3.63. The highest BCUT2D eigenvalue weighted by atomic mass is 79.9. The number of amides is 2. The topological polar surface area (TPSA) is 58.6 Å². The normalized spacial score (nSPS) is 17.9. The number of likely N-dealkylation sites (tertiary alicyclic amines) is 1. The van der Waals surface area contributed by atoms with Crippen molar-refractivity contribution in [2.24, 2.45) is 0 Å². The number of aryl methyl sites for hydroxylation is 1. The second-order valence-electron chi connectivity index (χ2n) is 8.22. The highest BCUT2D eigenvalue weighted by Crippen LogP contribution is 2.33. The van der Waals surface area contributed by atoms with Gasteiger partial charge in [-0.25, -0.2) is 4.79 Å². The molecule has 5 nitrogen and oxygen atoms in total. The highest BCUT2D eigenvalue weighted by molar-refractivity contribution is 9.10. The van der Waals surface area contributed by atoms with Crippen LogP contribution in [0.2, 0.25) is 0 Å². The lowest BCUT2D eigenvalue weighted by atomic mass is 9.95. The minimum atomic E-state index is -0.650. The Morgan fingerprint density at radius 1 is 1.22 bits per heavy atom. The number of alkyl halides is 1. The van der Waals surface area contributed by atoms with Gasteiger partial charge in [-0.05, 0) is 58.1 Å². The monoisotopic (exact) mass is 438 g/mol. The fraction of sp³-hybridized carbons (Fsp3) is 0.619. The van der Waals surface area contributed by atoms with Crippen LogP contribution in [0.1, 0.15) is 64.6 Å². The first-order valence-electron chi connectivity index (χ1n) is 9.61. The number of piperidine rings is 1. The number of carbonyl (C=O) groups is 2. The molecule has 1 aromatic rings. The molecule has 0 saturated carbocycles. The van der Waals surface area contributed by atoms with Gasteiger partial charge in [0.15, 0.2) is 0 Å². The number of nitrogens with zero attached hydrogens (tertiary/aromatic N) is 1. The predicted molar refractivity (Wildman–Crippen MR) is 111 cm³/mol. The number of benzene rings is 1. The maximum absolute atomic E-state index is 12.8. The first-order chi connectivity index (χ1) is 12.5. The third-order valence-corrected chi connectivity index (χ3v) is 6.00. The van der Waals surface area contributed by atoms with Crippen molar-refractivity contribution in [3.63, 3.8) is 0 Å². The number of halogens is 1. The summed E-state index contributed by atoms with van der Waals surface area (Å²) in [6.07, 6.45) is 1.79. The predicted octanol–water partition coefficient (Wildman–Crippen LogP) is 4.59. The van der Waals surface area contributed by atoms with Crippen molar-refractivity contribution in [1.29, 1.82) is 0 Å². The molecule has 0 unspecified atom stereocenters. The zero-order valence-electron chi connectivity index (χ0n) is 17.0. The van der Waals surface area contributed by atoms with Crippen molar-refractivity contribution in [3.05, 3.63) is 35.4 Å². The van der Waals surface area contributed by atoms with Crippen LogP contribution in [0.15, 0.2) is 24.3 Å². The zero-order valence-corrected chi connectivity index (χ0v) is 18.6. The molecule has 27 heavy (non-hydrogen) atoms. The quantitative estimate of drug-likeness (QED) is 0.699. The summed E-state index contributed by atoms with van der Waals surface area (Å²) in [6, 6.07) is 8.26. The van der Waals surface area contributed by atoms with Crippen LogP contribution >= 0.6 is 15.9 Å². The molecule has 150 valence electrons. The van der Waals surface area contributed by atoms with Crippen molar-refractivity contribution in [2.75, 3.05) is 13.1 Å². The Labute approximate surface area is 171 Å². The van der Waals surface area contributed by atoms with Crippen LogP contribution < -0.4 is 5.32 Å². The van der Waals surface area contributed by atoms with Gasteiger partial charge in [0.25, 0.3) is 0 Å². The molecule has 6 heteroatoms. The van der Waals surface area contributed by atoms with E-state index in [1.807, 2.05) is 27.7 Å². The van der Waals surface area contributed by atoms with Gasteiger partial charge in [-0.15, -0.1) is 0 Å². The standard InChI is InChI=1S/C21H31BrN2O3/c1-6-16-7-9-17(10-8-16)15(2)23-18(25)21(22)11-13-24(14-12-21)19(26)27-20(3,4)5/h7-10,15H,6,11-14H2,1-5H3,(H,23,25)/t15-/m0/s1. The van der Waals surface area contributed by atoms with E-state index in [0.717, 1.165) is 12.0 Å². The molecule has 2 amide bonds. The van der Waals surface area contributed by atoms with E-state index in [-0.39, 0.29) is 18.0 Å². The van der Waals surface area contributed by atoms with Crippen molar-refractivity contribution < 1.29 is 14.3 Å². The Bertz CT molecular complexity index is 659. The number of carbonyl (C=O) groups excluding carboxylic acids is 2. The van der Waals surface area contributed by atoms with Gasteiger partial charge in [0.05, 0.1) is 6.04 Å². The number of rotatable bonds is 4. The second kappa shape index (κ2) is 8.63. The first kappa shape index (κ1) is 21.7. The van der Waals surface area contributed by atoms with Gasteiger partial charge in [0.2, 0.25) is 5.91 Å². The molecule has 1 aliphatic rings. The van der Waals surface area contributed by atoms with Gasteiger partial charge in [-0.3, -0.25) is 4.79 Å². The molecular weight excluding hydrogens is 408 g/mol. The summed E-state index contributed by atoms with van der Waals surface area (Å²) in [5, 5.41) is 3.11. The molecular formula is C21H31BrN2O3. The molecule has 1 N–H and O–H groups in total. The molecule has 0 bridgehead atoms. The Kier molecular flexibility index (Phi) is 6.95. The van der Waals surface area contributed by atoms with Crippen LogP contribution in [0.4, 0.5) is 4.79 Å². The average Bonchev–Trinajstić information content (AvgIpc) is 2.60. The van der Waals surface area contributed by atoms with Gasteiger partial charge in [-0.1, -0.05) is 47.1 Å². The Hall–Kier alpha value is -1.56. The van der Waals surface area contributed by atoms with Crippen molar-refractivity contribution in [1.82, 2.24) is 10.2 Å². The van der Waals surface area contributed by atoms with Crippen molar-refractivity contribution in [3.8, 4) is 0 Å². The molecule has 0 aromatic heterocycles. The van der Waals surface area contributed by atoms with Gasteiger partial charge in [0, 0.05) is 13.1 Å². The maximum atomic E-state index is 12.8. The summed E-state index contributed by atoms with van der Waals surface area (Å²) in [4.78, 5) is 26.7. The van der Waals surface area contributed by atoms with E-state index in [1.165, 1.54) is 5.56 Å². The molecule has 1 heterocycles. The number of ether oxygens (including phenoxy) is 1. The summed E-state index contributed by atoms with van der Waals surface area (Å²) in [6.45, 7) is 10.7. The van der Waals surface area contributed by atoms with E-state index in [1.54, 1.807) is 4.90 Å². The SMILES string of the molecule is CCc1ccc([C@H](C)NC(=O)C2(Br)CCN(C(=O)OC(C)(C)C)CC2)cc1. The van der Waals surface area contributed by atoms with E-state index in [0.29, 0.717) is 25.9 Å². The van der Waals surface area contributed by atoms with Crippen LogP contribution in [0.5, 0.6) is 0 Å². The third kappa shape index (κ3) is 5.96. The van der Waals surface area contributed by atoms with Crippen molar-refractivity contribution in [2.45, 2.75) is 69.8 Å². The van der Waals surface area contributed by atoms with E-state index < -0.39 is 9.93 Å². The molecule has 1 saturated heterocycles. The molecule has 1 fully saturated rings. The Morgan fingerprint density at radius 3 is 2.26 bits per heavy atom. The fourth-order valence-corrected chi connectivity index (χ4v) is 3.52. The lowest BCUT2D eigenvalue weighted by molar-refractivity contribution is -0.125.